The Morgan fingerprint density at radius 2 is 2.03 bits per heavy atom. The van der Waals surface area contributed by atoms with Gasteiger partial charge in [0, 0.05) is 37.0 Å². The molecular formula is C20H18N6O5. The number of nitrogens with zero attached hydrogens (tertiary/aromatic N) is 5. The Bertz CT molecular complexity index is 1230. The van der Waals surface area contributed by atoms with Gasteiger partial charge >= 0.3 is 0 Å². The van der Waals surface area contributed by atoms with Gasteiger partial charge in [0.2, 0.25) is 0 Å². The first-order valence-corrected chi connectivity index (χ1v) is 9.46. The van der Waals surface area contributed by atoms with Gasteiger partial charge in [-0.25, -0.2) is 10.4 Å². The van der Waals surface area contributed by atoms with Crippen molar-refractivity contribution >= 4 is 29.3 Å². The zero-order valence-corrected chi connectivity index (χ0v) is 16.3. The number of anilines is 1. The number of nitrogens with one attached hydrogen (secondary N) is 1. The number of pyridine rings is 1. The largest absolute Gasteiger partial charge is 0.378 e. The molecule has 0 aliphatic carbocycles. The summed E-state index contributed by atoms with van der Waals surface area (Å²) in [5.41, 5.74) is 2.55. The van der Waals surface area contributed by atoms with Crippen LogP contribution >= 0.6 is 0 Å². The number of aromatic nitrogens is 2. The third kappa shape index (κ3) is 4.26. The molecule has 0 saturated carbocycles. The van der Waals surface area contributed by atoms with Crippen LogP contribution in [0.1, 0.15) is 15.9 Å². The van der Waals surface area contributed by atoms with Crippen LogP contribution in [0.4, 0.5) is 11.5 Å². The Kier molecular flexibility index (Phi) is 5.67. The molecule has 0 atom stereocenters. The highest BCUT2D eigenvalue weighted by atomic mass is 16.6. The molecule has 1 saturated heterocycles. The molecule has 1 aliphatic heterocycles. The van der Waals surface area contributed by atoms with Gasteiger partial charge in [-0.1, -0.05) is 12.1 Å². The fourth-order valence-corrected chi connectivity index (χ4v) is 3.20. The summed E-state index contributed by atoms with van der Waals surface area (Å²) in [6.45, 7) is 2.15. The normalized spacial score (nSPS) is 14.1. The van der Waals surface area contributed by atoms with Gasteiger partial charge in [0.15, 0.2) is 0 Å². The molecule has 1 aliphatic rings. The molecular weight excluding hydrogens is 404 g/mol. The number of hydrazone groups is 1. The third-order valence-electron chi connectivity index (χ3n) is 4.74. The van der Waals surface area contributed by atoms with Crippen LogP contribution in [-0.2, 0) is 4.74 Å². The summed E-state index contributed by atoms with van der Waals surface area (Å²) in [6.07, 6.45) is 2.85. The number of hydrogen-bond donors (Lipinski definition) is 1. The van der Waals surface area contributed by atoms with E-state index in [0.29, 0.717) is 37.8 Å². The second kappa shape index (κ2) is 8.71. The molecule has 11 nitrogen and oxygen atoms in total. The molecule has 0 radical (unpaired) electrons. The molecule has 11 heteroatoms. The number of amides is 1. The molecule has 0 spiro atoms. The maximum absolute atomic E-state index is 13.0. The van der Waals surface area contributed by atoms with E-state index in [1.54, 1.807) is 24.4 Å². The van der Waals surface area contributed by atoms with Crippen molar-refractivity contribution in [1.29, 1.82) is 0 Å². The number of nitro groups is 1. The van der Waals surface area contributed by atoms with Crippen molar-refractivity contribution in [2.75, 3.05) is 31.2 Å². The van der Waals surface area contributed by atoms with E-state index in [2.05, 4.69) is 15.5 Å². The fraction of sp³-hybridized carbons (Fsp3) is 0.200. The maximum Gasteiger partial charge on any atom is 0.271 e. The summed E-state index contributed by atoms with van der Waals surface area (Å²) < 4.78 is 6.77. The third-order valence-corrected chi connectivity index (χ3v) is 4.74. The van der Waals surface area contributed by atoms with E-state index >= 15 is 0 Å². The Morgan fingerprint density at radius 3 is 2.81 bits per heavy atom. The molecule has 1 fully saturated rings. The van der Waals surface area contributed by atoms with Crippen molar-refractivity contribution in [2.45, 2.75) is 0 Å². The molecule has 1 N–H and O–H groups in total. The van der Waals surface area contributed by atoms with E-state index in [1.807, 2.05) is 4.90 Å². The van der Waals surface area contributed by atoms with E-state index in [9.17, 15) is 19.7 Å². The van der Waals surface area contributed by atoms with Crippen molar-refractivity contribution < 1.29 is 14.5 Å². The first kappa shape index (κ1) is 20.2. The number of carbonyl (C=O) groups excluding carboxylic acids is 1. The highest BCUT2D eigenvalue weighted by molar-refractivity contribution is 5.96. The Labute approximate surface area is 175 Å². The number of benzene rings is 1. The molecule has 1 amide bonds. The standard InChI is InChI=1S/C20H18N6O5/c27-19(14-4-3-5-15(12-14)26(29)30)23-21-13-16-18(24-8-10-31-11-9-24)22-17-6-1-2-7-25(17)20(16)28/h1-7,12-13H,8-11H2,(H,23,27). The van der Waals surface area contributed by atoms with Crippen molar-refractivity contribution in [3.8, 4) is 0 Å². The number of non-ortho nitro benzene ring substituents is 1. The van der Waals surface area contributed by atoms with Crippen LogP contribution in [-0.4, -0.2) is 52.7 Å². The Hall–Kier alpha value is -4.12. The minimum atomic E-state index is -0.637. The average molecular weight is 422 g/mol. The Morgan fingerprint density at radius 1 is 1.23 bits per heavy atom. The van der Waals surface area contributed by atoms with E-state index in [4.69, 9.17) is 4.74 Å². The lowest BCUT2D eigenvalue weighted by Crippen LogP contribution is -2.39. The molecule has 0 unspecified atom stereocenters. The van der Waals surface area contributed by atoms with Gasteiger partial charge in [0.1, 0.15) is 17.0 Å². The van der Waals surface area contributed by atoms with E-state index in [0.717, 1.165) is 6.07 Å². The predicted molar refractivity (Wildman–Crippen MR) is 113 cm³/mol. The van der Waals surface area contributed by atoms with E-state index in [-0.39, 0.29) is 22.4 Å². The number of fused-ring (bicyclic) bond motifs is 1. The molecule has 3 aromatic rings. The fourth-order valence-electron chi connectivity index (χ4n) is 3.20. The second-order valence-electron chi connectivity index (χ2n) is 6.69. The van der Waals surface area contributed by atoms with Crippen LogP contribution in [0.2, 0.25) is 0 Å². The number of morpholine rings is 1. The van der Waals surface area contributed by atoms with Gasteiger partial charge in [-0.2, -0.15) is 5.10 Å². The molecule has 1 aromatic carbocycles. The van der Waals surface area contributed by atoms with Crippen LogP contribution in [0.15, 0.2) is 58.6 Å². The lowest BCUT2D eigenvalue weighted by Gasteiger charge is -2.28. The molecule has 158 valence electrons. The minimum absolute atomic E-state index is 0.0770. The lowest BCUT2D eigenvalue weighted by atomic mass is 10.2. The van der Waals surface area contributed by atoms with Crippen LogP contribution < -0.4 is 15.9 Å². The monoisotopic (exact) mass is 422 g/mol. The van der Waals surface area contributed by atoms with Gasteiger partial charge in [-0.15, -0.1) is 0 Å². The topological polar surface area (TPSA) is 131 Å². The highest BCUT2D eigenvalue weighted by Crippen LogP contribution is 2.17. The van der Waals surface area contributed by atoms with Crippen molar-refractivity contribution in [3.05, 3.63) is 80.3 Å². The quantitative estimate of drug-likeness (QED) is 0.371. The summed E-state index contributed by atoms with van der Waals surface area (Å²) in [5, 5.41) is 14.8. The molecule has 2 aromatic heterocycles. The average Bonchev–Trinajstić information content (AvgIpc) is 2.81. The summed E-state index contributed by atoms with van der Waals surface area (Å²) in [6, 6.07) is 10.5. The van der Waals surface area contributed by atoms with Crippen LogP contribution in [0, 0.1) is 10.1 Å². The van der Waals surface area contributed by atoms with Crippen LogP contribution in [0.25, 0.3) is 5.65 Å². The van der Waals surface area contributed by atoms with Crippen molar-refractivity contribution in [2.24, 2.45) is 5.10 Å². The molecule has 3 heterocycles. The number of ether oxygens (including phenoxy) is 1. The smallest absolute Gasteiger partial charge is 0.271 e. The summed E-state index contributed by atoms with van der Waals surface area (Å²) in [4.78, 5) is 42.2. The summed E-state index contributed by atoms with van der Waals surface area (Å²) in [7, 11) is 0. The SMILES string of the molecule is O=C(NN=Cc1c(N2CCOCC2)nc2ccccn2c1=O)c1cccc([N+](=O)[O-])c1. The number of rotatable bonds is 5. The molecule has 4 rings (SSSR count). The first-order valence-electron chi connectivity index (χ1n) is 9.46. The predicted octanol–water partition coefficient (Wildman–Crippen LogP) is 1.20. The van der Waals surface area contributed by atoms with E-state index in [1.165, 1.54) is 28.8 Å². The summed E-state index contributed by atoms with van der Waals surface area (Å²) >= 11 is 0. The number of carbonyl (C=O) groups is 1. The summed E-state index contributed by atoms with van der Waals surface area (Å²) in [5.74, 6) is -0.186. The van der Waals surface area contributed by atoms with Gasteiger partial charge < -0.3 is 9.64 Å². The van der Waals surface area contributed by atoms with Gasteiger partial charge in [0.25, 0.3) is 17.2 Å². The zero-order chi connectivity index (χ0) is 21.8. The minimum Gasteiger partial charge on any atom is -0.378 e. The Balaban J connectivity index is 1.65. The molecule has 31 heavy (non-hydrogen) atoms. The van der Waals surface area contributed by atoms with E-state index < -0.39 is 10.8 Å². The van der Waals surface area contributed by atoms with Crippen molar-refractivity contribution in [1.82, 2.24) is 14.8 Å². The zero-order valence-electron chi connectivity index (χ0n) is 16.3. The van der Waals surface area contributed by atoms with Crippen molar-refractivity contribution in [3.63, 3.8) is 0 Å². The molecule has 0 bridgehead atoms. The van der Waals surface area contributed by atoms with Crippen LogP contribution in [0.5, 0.6) is 0 Å². The number of hydrogen-bond acceptors (Lipinski definition) is 8. The van der Waals surface area contributed by atoms with Gasteiger partial charge in [0.05, 0.1) is 24.4 Å². The second-order valence-corrected chi connectivity index (χ2v) is 6.69. The highest BCUT2D eigenvalue weighted by Gasteiger charge is 2.20. The maximum atomic E-state index is 13.0. The lowest BCUT2D eigenvalue weighted by molar-refractivity contribution is -0.384. The number of nitro benzene ring substituents is 1. The van der Waals surface area contributed by atoms with Gasteiger partial charge in [-0.05, 0) is 18.2 Å². The van der Waals surface area contributed by atoms with Crippen LogP contribution in [0.3, 0.4) is 0 Å². The first-order chi connectivity index (χ1) is 15.0. The van der Waals surface area contributed by atoms with Gasteiger partial charge in [-0.3, -0.25) is 24.1 Å².